The number of primary amides is 1. The van der Waals surface area contributed by atoms with E-state index in [1.807, 2.05) is 6.07 Å². The molecule has 2 amide bonds. The smallest absolute Gasteiger partial charge is 0.269 e. The van der Waals surface area contributed by atoms with Gasteiger partial charge in [-0.15, -0.1) is 0 Å². The quantitative estimate of drug-likeness (QED) is 0.608. The van der Waals surface area contributed by atoms with E-state index in [9.17, 15) is 9.59 Å². The SMILES string of the molecule is CCCNc1ccc(C(=O)NCCCC(N)=O)nc1. The van der Waals surface area contributed by atoms with Gasteiger partial charge in [-0.1, -0.05) is 6.92 Å². The van der Waals surface area contributed by atoms with Crippen LogP contribution in [0.25, 0.3) is 0 Å². The average molecular weight is 264 g/mol. The molecule has 0 saturated heterocycles. The topological polar surface area (TPSA) is 97.1 Å². The molecule has 0 atom stereocenters. The molecule has 0 aliphatic carbocycles. The first-order chi connectivity index (χ1) is 9.13. The third kappa shape index (κ3) is 5.85. The van der Waals surface area contributed by atoms with Crippen LogP contribution in [-0.2, 0) is 4.79 Å². The molecular weight excluding hydrogens is 244 g/mol. The maximum atomic E-state index is 11.7. The van der Waals surface area contributed by atoms with E-state index in [0.29, 0.717) is 18.7 Å². The Morgan fingerprint density at radius 3 is 2.68 bits per heavy atom. The van der Waals surface area contributed by atoms with Gasteiger partial charge in [0.25, 0.3) is 5.91 Å². The molecular formula is C13H20N4O2. The molecule has 0 spiro atoms. The van der Waals surface area contributed by atoms with E-state index in [1.54, 1.807) is 12.3 Å². The van der Waals surface area contributed by atoms with Gasteiger partial charge < -0.3 is 16.4 Å². The third-order valence-corrected chi connectivity index (χ3v) is 2.46. The molecule has 1 aromatic rings. The number of nitrogens with zero attached hydrogens (tertiary/aromatic N) is 1. The molecule has 0 bridgehead atoms. The summed E-state index contributed by atoms with van der Waals surface area (Å²) in [6, 6.07) is 3.49. The summed E-state index contributed by atoms with van der Waals surface area (Å²) < 4.78 is 0. The number of nitrogens with one attached hydrogen (secondary N) is 2. The van der Waals surface area contributed by atoms with Crippen molar-refractivity contribution in [2.75, 3.05) is 18.4 Å². The Kier molecular flexibility index (Phi) is 6.35. The lowest BCUT2D eigenvalue weighted by Crippen LogP contribution is -2.26. The third-order valence-electron chi connectivity index (χ3n) is 2.46. The van der Waals surface area contributed by atoms with Crippen LogP contribution in [0.5, 0.6) is 0 Å². The Morgan fingerprint density at radius 2 is 2.11 bits per heavy atom. The summed E-state index contributed by atoms with van der Waals surface area (Å²) in [5.41, 5.74) is 6.26. The van der Waals surface area contributed by atoms with Gasteiger partial charge >= 0.3 is 0 Å². The standard InChI is InChI=1S/C13H20N4O2/c1-2-7-15-10-5-6-11(17-9-10)13(19)16-8-3-4-12(14)18/h5-6,9,15H,2-4,7-8H2,1H3,(H2,14,18)(H,16,19). The molecule has 4 N–H and O–H groups in total. The zero-order valence-corrected chi connectivity index (χ0v) is 11.1. The van der Waals surface area contributed by atoms with Gasteiger partial charge in [-0.25, -0.2) is 4.98 Å². The van der Waals surface area contributed by atoms with E-state index < -0.39 is 0 Å². The van der Waals surface area contributed by atoms with Crippen molar-refractivity contribution in [1.29, 1.82) is 0 Å². The Morgan fingerprint density at radius 1 is 1.32 bits per heavy atom. The van der Waals surface area contributed by atoms with Crippen LogP contribution in [-0.4, -0.2) is 29.9 Å². The molecule has 0 aromatic carbocycles. The molecule has 6 nitrogen and oxygen atoms in total. The van der Waals surface area contributed by atoms with E-state index in [-0.39, 0.29) is 18.2 Å². The highest BCUT2D eigenvalue weighted by molar-refractivity contribution is 5.92. The molecule has 0 saturated carbocycles. The highest BCUT2D eigenvalue weighted by Gasteiger charge is 2.06. The number of carbonyl (C=O) groups is 2. The highest BCUT2D eigenvalue weighted by Crippen LogP contribution is 2.06. The fraction of sp³-hybridized carbons (Fsp3) is 0.462. The minimum Gasteiger partial charge on any atom is -0.384 e. The number of hydrogen-bond acceptors (Lipinski definition) is 4. The molecule has 0 radical (unpaired) electrons. The zero-order valence-electron chi connectivity index (χ0n) is 11.1. The Balaban J connectivity index is 2.37. The van der Waals surface area contributed by atoms with Crippen LogP contribution in [0.1, 0.15) is 36.7 Å². The molecule has 0 unspecified atom stereocenters. The lowest BCUT2D eigenvalue weighted by Gasteiger charge is -2.06. The van der Waals surface area contributed by atoms with Crippen molar-refractivity contribution in [1.82, 2.24) is 10.3 Å². The second kappa shape index (κ2) is 8.07. The van der Waals surface area contributed by atoms with E-state index in [0.717, 1.165) is 18.7 Å². The van der Waals surface area contributed by atoms with Gasteiger partial charge in [-0.3, -0.25) is 9.59 Å². The molecule has 6 heteroatoms. The number of hydrogen-bond donors (Lipinski definition) is 3. The Hall–Kier alpha value is -2.11. The van der Waals surface area contributed by atoms with Crippen LogP contribution in [0.15, 0.2) is 18.3 Å². The molecule has 0 aliphatic rings. The van der Waals surface area contributed by atoms with Gasteiger partial charge in [0.05, 0.1) is 11.9 Å². The normalized spacial score (nSPS) is 9.95. The average Bonchev–Trinajstić information content (AvgIpc) is 2.41. The van der Waals surface area contributed by atoms with Gasteiger partial charge in [0.2, 0.25) is 5.91 Å². The van der Waals surface area contributed by atoms with E-state index in [2.05, 4.69) is 22.5 Å². The molecule has 19 heavy (non-hydrogen) atoms. The zero-order chi connectivity index (χ0) is 14.1. The van der Waals surface area contributed by atoms with Crippen LogP contribution >= 0.6 is 0 Å². The second-order valence-electron chi connectivity index (χ2n) is 4.18. The number of aromatic nitrogens is 1. The molecule has 0 aliphatic heterocycles. The van der Waals surface area contributed by atoms with Gasteiger partial charge in [0.15, 0.2) is 0 Å². The maximum absolute atomic E-state index is 11.7. The molecule has 104 valence electrons. The lowest BCUT2D eigenvalue weighted by atomic mass is 10.3. The second-order valence-corrected chi connectivity index (χ2v) is 4.18. The first-order valence-corrected chi connectivity index (χ1v) is 6.40. The summed E-state index contributed by atoms with van der Waals surface area (Å²) in [4.78, 5) is 26.3. The van der Waals surface area contributed by atoms with Crippen LogP contribution in [0.3, 0.4) is 0 Å². The van der Waals surface area contributed by atoms with Crippen molar-refractivity contribution in [2.24, 2.45) is 5.73 Å². The van der Waals surface area contributed by atoms with Crippen molar-refractivity contribution in [3.63, 3.8) is 0 Å². The summed E-state index contributed by atoms with van der Waals surface area (Å²) in [5.74, 6) is -0.606. The maximum Gasteiger partial charge on any atom is 0.269 e. The number of nitrogens with two attached hydrogens (primary N) is 1. The number of pyridine rings is 1. The molecule has 1 aromatic heterocycles. The predicted octanol–water partition coefficient (Wildman–Crippen LogP) is 0.899. The minimum absolute atomic E-state index is 0.244. The number of carbonyl (C=O) groups excluding carboxylic acids is 2. The van der Waals surface area contributed by atoms with Crippen molar-refractivity contribution in [3.05, 3.63) is 24.0 Å². The van der Waals surface area contributed by atoms with Gasteiger partial charge in [0, 0.05) is 19.5 Å². The van der Waals surface area contributed by atoms with Gasteiger partial charge in [-0.05, 0) is 25.0 Å². The van der Waals surface area contributed by atoms with Crippen LogP contribution in [0.2, 0.25) is 0 Å². The van der Waals surface area contributed by atoms with Crippen molar-refractivity contribution in [3.8, 4) is 0 Å². The summed E-state index contributed by atoms with van der Waals surface area (Å²) in [7, 11) is 0. The van der Waals surface area contributed by atoms with Crippen LogP contribution in [0, 0.1) is 0 Å². The van der Waals surface area contributed by atoms with E-state index >= 15 is 0 Å². The molecule has 1 rings (SSSR count). The first kappa shape index (κ1) is 14.9. The Bertz CT molecular complexity index is 417. The largest absolute Gasteiger partial charge is 0.384 e. The van der Waals surface area contributed by atoms with Gasteiger partial charge in [-0.2, -0.15) is 0 Å². The number of rotatable bonds is 8. The van der Waals surface area contributed by atoms with Crippen molar-refractivity contribution < 1.29 is 9.59 Å². The summed E-state index contributed by atoms with van der Waals surface area (Å²) >= 11 is 0. The summed E-state index contributed by atoms with van der Waals surface area (Å²) in [6.45, 7) is 3.37. The minimum atomic E-state index is -0.362. The fourth-order valence-corrected chi connectivity index (χ4v) is 1.46. The van der Waals surface area contributed by atoms with Crippen molar-refractivity contribution >= 4 is 17.5 Å². The van der Waals surface area contributed by atoms with E-state index in [4.69, 9.17) is 5.73 Å². The van der Waals surface area contributed by atoms with Crippen molar-refractivity contribution in [2.45, 2.75) is 26.2 Å². The van der Waals surface area contributed by atoms with Crippen LogP contribution < -0.4 is 16.4 Å². The number of amides is 2. The fourth-order valence-electron chi connectivity index (χ4n) is 1.46. The predicted molar refractivity (Wildman–Crippen MR) is 73.8 cm³/mol. The molecule has 1 heterocycles. The molecule has 0 fully saturated rings. The number of anilines is 1. The summed E-state index contributed by atoms with van der Waals surface area (Å²) in [5, 5.41) is 5.87. The van der Waals surface area contributed by atoms with Gasteiger partial charge in [0.1, 0.15) is 5.69 Å². The monoisotopic (exact) mass is 264 g/mol. The van der Waals surface area contributed by atoms with E-state index in [1.165, 1.54) is 0 Å². The van der Waals surface area contributed by atoms with Crippen LogP contribution in [0.4, 0.5) is 5.69 Å². The summed E-state index contributed by atoms with van der Waals surface area (Å²) in [6.07, 6.45) is 3.47. The lowest BCUT2D eigenvalue weighted by molar-refractivity contribution is -0.118. The first-order valence-electron chi connectivity index (χ1n) is 6.40. The highest BCUT2D eigenvalue weighted by atomic mass is 16.2. The Labute approximate surface area is 112 Å².